The maximum Gasteiger partial charge on any atom is 0.211 e. The van der Waals surface area contributed by atoms with E-state index in [1.165, 1.54) is 50.0 Å². The molecule has 0 saturated heterocycles. The van der Waals surface area contributed by atoms with Crippen LogP contribution in [0.1, 0.15) is 62.7 Å². The summed E-state index contributed by atoms with van der Waals surface area (Å²) in [6.45, 7) is 4.48. The summed E-state index contributed by atoms with van der Waals surface area (Å²) in [5, 5.41) is 0. The molecule has 0 amide bonds. The van der Waals surface area contributed by atoms with Crippen molar-refractivity contribution in [1.82, 2.24) is 0 Å². The summed E-state index contributed by atoms with van der Waals surface area (Å²) in [7, 11) is 0.292. The molecule has 0 radical (unpaired) electrons. The molecule has 0 fully saturated rings. The van der Waals surface area contributed by atoms with E-state index >= 15 is 35.1 Å². The van der Waals surface area contributed by atoms with E-state index < -0.39 is 144 Å². The van der Waals surface area contributed by atoms with Crippen LogP contribution in [0.15, 0.2) is 30.3 Å². The van der Waals surface area contributed by atoms with Gasteiger partial charge in [0.1, 0.15) is 64.2 Å². The minimum Gasteiger partial charge on any atom is -0.289 e. The van der Waals surface area contributed by atoms with Gasteiger partial charge in [-0.25, -0.2) is 87.8 Å². The number of halogens is 20. The van der Waals surface area contributed by atoms with Crippen molar-refractivity contribution in [3.05, 3.63) is 152 Å². The lowest BCUT2D eigenvalue weighted by Gasteiger charge is -2.44. The van der Waals surface area contributed by atoms with Crippen molar-refractivity contribution < 1.29 is 92.6 Å². The van der Waals surface area contributed by atoms with Gasteiger partial charge in [0.05, 0.1) is 0 Å². The Morgan fingerprint density at radius 2 is 0.600 bits per heavy atom. The molecule has 0 aliphatic heterocycles. The number of unbranched alkanes of at least 4 members (excludes halogenated alkanes) is 4. The molecule has 5 aromatic carbocycles. The number of ketones is 1. The van der Waals surface area contributed by atoms with Crippen molar-refractivity contribution in [2.24, 2.45) is 0 Å². The third-order valence-electron chi connectivity index (χ3n) is 10.2. The molecule has 0 aliphatic carbocycles. The van der Waals surface area contributed by atoms with E-state index in [0.29, 0.717) is 16.7 Å². The first-order valence-electron chi connectivity index (χ1n) is 18.9. The number of carbonyl (C=O) groups excluding carboxylic acids is 1. The Hall–Kier alpha value is -5.22. The van der Waals surface area contributed by atoms with E-state index in [1.54, 1.807) is 0 Å². The Morgan fingerprint density at radius 1 is 0.369 bits per heavy atom. The highest BCUT2D eigenvalue weighted by Crippen LogP contribution is 2.31. The van der Waals surface area contributed by atoms with Crippen LogP contribution >= 0.6 is 0 Å². The molecule has 0 aliphatic rings. The van der Waals surface area contributed by atoms with Crippen LogP contribution in [0.4, 0.5) is 87.8 Å². The van der Waals surface area contributed by atoms with Gasteiger partial charge in [0.25, 0.3) is 0 Å². The molecule has 5 aromatic rings. The zero-order chi connectivity index (χ0) is 49.0. The number of rotatable bonds is 15. The van der Waals surface area contributed by atoms with Crippen molar-refractivity contribution >= 4 is 44.7 Å². The topological polar surface area (TPSA) is 17.1 Å². The van der Waals surface area contributed by atoms with Crippen molar-refractivity contribution in [1.29, 1.82) is 0 Å². The van der Waals surface area contributed by atoms with Crippen LogP contribution < -0.4 is 21.9 Å². The molecule has 352 valence electrons. The number of carbonyl (C=O) groups is 1. The third-order valence-corrected chi connectivity index (χ3v) is 12.6. The minimum atomic E-state index is -7.22. The van der Waals surface area contributed by atoms with Gasteiger partial charge in [-0.1, -0.05) is 57.0 Å². The monoisotopic (exact) mass is 972 g/mol. The molecule has 0 saturated carbocycles. The van der Waals surface area contributed by atoms with Crippen molar-refractivity contribution in [3.63, 3.8) is 0 Å². The molecule has 23 heteroatoms. The molecule has 0 spiro atoms. The fraction of sp³-hybridized carbons (Fsp3) is 0.262. The normalized spacial score (nSPS) is 11.7. The Balaban J connectivity index is 0.000000387. The Bertz CT molecular complexity index is 2200. The van der Waals surface area contributed by atoms with Crippen LogP contribution in [0, 0.1) is 116 Å². The molecule has 0 aromatic heterocycles. The first-order chi connectivity index (χ1) is 30.5. The van der Waals surface area contributed by atoms with E-state index in [-0.39, 0.29) is 0 Å². The van der Waals surface area contributed by atoms with Crippen LogP contribution in [0.2, 0.25) is 0 Å². The molecule has 0 atom stereocenters. The van der Waals surface area contributed by atoms with Crippen molar-refractivity contribution in [3.8, 4) is 0 Å². The standard InChI is InChI=1S/C24BF20.C18H29OS/c26-5-1(6(27)14(35)21(42)13(5)34)25(2-7(28)15(36)22(43)16(37)8(2)29,3-9(30)17(38)23(44)18(39)10(3)31)4-11(32)19(40)24(45)20(41)12(4)33;1-3-5-10-14-20(15-11-6-4-2)16-18(19)17-12-8-7-9-13-17/h;7-9,12-13H,3-6,10-11,14-16H2,1-2H3/q-1;+1. The average Bonchev–Trinajstić information content (AvgIpc) is 3.29. The predicted octanol–water partition coefficient (Wildman–Crippen LogP) is 10.7. The van der Waals surface area contributed by atoms with Crippen molar-refractivity contribution in [2.75, 3.05) is 17.3 Å². The van der Waals surface area contributed by atoms with E-state index in [1.807, 2.05) is 30.3 Å². The summed E-state index contributed by atoms with van der Waals surface area (Å²) in [5.41, 5.74) is -13.4. The lowest BCUT2D eigenvalue weighted by atomic mass is 9.12. The van der Waals surface area contributed by atoms with E-state index in [9.17, 15) is 57.5 Å². The zero-order valence-electron chi connectivity index (χ0n) is 33.2. The fourth-order valence-corrected chi connectivity index (χ4v) is 9.38. The molecule has 0 N–H and O–H groups in total. The summed E-state index contributed by atoms with van der Waals surface area (Å²) >= 11 is 0. The van der Waals surface area contributed by atoms with Gasteiger partial charge in [-0.05, 0) is 36.6 Å². The first kappa shape index (κ1) is 52.4. The number of Topliss-reactive ketones (excluding diaryl/α,β-unsaturated/α-hetero) is 1. The highest BCUT2D eigenvalue weighted by atomic mass is 32.2. The van der Waals surface area contributed by atoms with Gasteiger partial charge >= 0.3 is 0 Å². The molecular formula is C42H29BF20OS. The summed E-state index contributed by atoms with van der Waals surface area (Å²) in [5.74, 6) is -67.8. The lowest BCUT2D eigenvalue weighted by Crippen LogP contribution is -2.81. The van der Waals surface area contributed by atoms with Crippen LogP contribution in [-0.2, 0) is 10.9 Å². The fourth-order valence-electron chi connectivity index (χ4n) is 7.13. The summed E-state index contributed by atoms with van der Waals surface area (Å²) in [6.07, 6.45) is 0.484. The zero-order valence-corrected chi connectivity index (χ0v) is 34.0. The maximum atomic E-state index is 15.4. The Morgan fingerprint density at radius 3 is 0.831 bits per heavy atom. The number of benzene rings is 5. The molecule has 1 nitrogen and oxygen atoms in total. The van der Waals surface area contributed by atoms with Crippen LogP contribution in [0.3, 0.4) is 0 Å². The van der Waals surface area contributed by atoms with Gasteiger partial charge in [-0.15, -0.1) is 21.9 Å². The molecule has 0 unspecified atom stereocenters. The summed E-state index contributed by atoms with van der Waals surface area (Å²) in [6, 6.07) is 9.78. The summed E-state index contributed by atoms with van der Waals surface area (Å²) < 4.78 is 294. The Kier molecular flexibility index (Phi) is 17.3. The second-order valence-electron chi connectivity index (χ2n) is 14.2. The maximum absolute atomic E-state index is 15.4. The number of hydrogen-bond donors (Lipinski definition) is 0. The first-order valence-corrected chi connectivity index (χ1v) is 20.7. The molecular weight excluding hydrogens is 943 g/mol. The molecule has 65 heavy (non-hydrogen) atoms. The van der Waals surface area contributed by atoms with E-state index in [0.717, 1.165) is 11.3 Å². The predicted molar refractivity (Wildman–Crippen MR) is 201 cm³/mol. The van der Waals surface area contributed by atoms with Gasteiger partial charge in [-0.3, -0.25) is 4.79 Å². The van der Waals surface area contributed by atoms with E-state index in [2.05, 4.69) is 13.8 Å². The molecule has 0 bridgehead atoms. The summed E-state index contributed by atoms with van der Waals surface area (Å²) in [4.78, 5) is 12.3. The van der Waals surface area contributed by atoms with Gasteiger partial charge in [-0.2, -0.15) is 0 Å². The number of hydrogen-bond acceptors (Lipinski definition) is 1. The third kappa shape index (κ3) is 9.56. The Labute approximate surface area is 358 Å². The van der Waals surface area contributed by atoms with Gasteiger partial charge in [0.2, 0.25) is 5.78 Å². The largest absolute Gasteiger partial charge is 0.289 e. The average molecular weight is 973 g/mol. The second-order valence-corrected chi connectivity index (χ2v) is 16.5. The van der Waals surface area contributed by atoms with Crippen LogP contribution in [-0.4, -0.2) is 29.2 Å². The molecule has 0 heterocycles. The van der Waals surface area contributed by atoms with Crippen LogP contribution in [0.5, 0.6) is 0 Å². The van der Waals surface area contributed by atoms with Crippen LogP contribution in [0.25, 0.3) is 0 Å². The highest BCUT2D eigenvalue weighted by molar-refractivity contribution is 7.97. The second kappa shape index (κ2) is 21.4. The van der Waals surface area contributed by atoms with Gasteiger partial charge in [0, 0.05) is 5.56 Å². The molecule has 5 rings (SSSR count). The highest BCUT2D eigenvalue weighted by Gasteiger charge is 2.52. The lowest BCUT2D eigenvalue weighted by molar-refractivity contribution is 0.102. The van der Waals surface area contributed by atoms with Gasteiger partial charge in [0.15, 0.2) is 75.6 Å². The SMILES string of the molecule is CCCCC[S+](CCCCC)CC(=O)c1ccccc1.Fc1c(F)c(F)c([B-](c2c(F)c(F)c(F)c(F)c2F)(c2c(F)c(F)c(F)c(F)c2F)c2c(F)c(F)c(F)c(F)c2F)c(F)c1F. The van der Waals surface area contributed by atoms with Crippen molar-refractivity contribution in [2.45, 2.75) is 52.4 Å². The smallest absolute Gasteiger partial charge is 0.211 e. The quantitative estimate of drug-likeness (QED) is 0.0194. The minimum absolute atomic E-state index is 0.292. The van der Waals surface area contributed by atoms with E-state index in [4.69, 9.17) is 0 Å². The van der Waals surface area contributed by atoms with Gasteiger partial charge < -0.3 is 0 Å².